The number of nitrogens with one attached hydrogen (secondary N) is 1. The third kappa shape index (κ3) is 3.57. The van der Waals surface area contributed by atoms with Gasteiger partial charge in [-0.1, -0.05) is 46.6 Å². The quantitative estimate of drug-likeness (QED) is 0.684. The van der Waals surface area contributed by atoms with Gasteiger partial charge in [-0.05, 0) is 48.4 Å². The number of hydrogen-bond acceptors (Lipinski definition) is 3. The Morgan fingerprint density at radius 1 is 1.12 bits per heavy atom. The molecule has 2 aromatic carbocycles. The standard InChI is InChI=1S/C19H18BrClN2O3/c1-2-19(13-3-7-15(21)8-4-13)17(24)23(18(25)22-19)11-12-26-16-9-5-14(20)6-10-16/h3-10H,2,11-12H2,1H3,(H,22,25). The van der Waals surface area contributed by atoms with Crippen molar-refractivity contribution in [2.24, 2.45) is 0 Å². The van der Waals surface area contributed by atoms with E-state index in [1.807, 2.05) is 31.2 Å². The molecule has 1 aliphatic heterocycles. The molecule has 1 unspecified atom stereocenters. The van der Waals surface area contributed by atoms with E-state index < -0.39 is 11.6 Å². The lowest BCUT2D eigenvalue weighted by Crippen LogP contribution is -2.43. The van der Waals surface area contributed by atoms with Crippen molar-refractivity contribution in [1.29, 1.82) is 0 Å². The molecule has 7 heteroatoms. The van der Waals surface area contributed by atoms with Crippen LogP contribution in [0.2, 0.25) is 5.02 Å². The summed E-state index contributed by atoms with van der Waals surface area (Å²) < 4.78 is 6.58. The van der Waals surface area contributed by atoms with Gasteiger partial charge in [-0.3, -0.25) is 9.69 Å². The van der Waals surface area contributed by atoms with Crippen LogP contribution in [0.1, 0.15) is 18.9 Å². The van der Waals surface area contributed by atoms with Gasteiger partial charge in [0.05, 0.1) is 6.54 Å². The lowest BCUT2D eigenvalue weighted by molar-refractivity contribution is -0.132. The molecule has 1 saturated heterocycles. The van der Waals surface area contributed by atoms with Crippen molar-refractivity contribution in [2.45, 2.75) is 18.9 Å². The topological polar surface area (TPSA) is 58.6 Å². The third-order valence-corrected chi connectivity index (χ3v) is 5.22. The molecule has 1 atom stereocenters. The number of halogens is 2. The predicted molar refractivity (Wildman–Crippen MR) is 103 cm³/mol. The Bertz CT molecular complexity index is 811. The number of rotatable bonds is 6. The fourth-order valence-electron chi connectivity index (χ4n) is 2.99. The summed E-state index contributed by atoms with van der Waals surface area (Å²) in [6, 6.07) is 13.9. The van der Waals surface area contributed by atoms with Gasteiger partial charge >= 0.3 is 6.03 Å². The number of benzene rings is 2. The van der Waals surface area contributed by atoms with Crippen molar-refractivity contribution < 1.29 is 14.3 Å². The maximum Gasteiger partial charge on any atom is 0.325 e. The highest BCUT2D eigenvalue weighted by Gasteiger charge is 2.50. The van der Waals surface area contributed by atoms with Crippen LogP contribution in [0.3, 0.4) is 0 Å². The minimum absolute atomic E-state index is 0.177. The molecule has 5 nitrogen and oxygen atoms in total. The minimum atomic E-state index is -1.06. The van der Waals surface area contributed by atoms with Crippen molar-refractivity contribution in [3.05, 3.63) is 63.6 Å². The fourth-order valence-corrected chi connectivity index (χ4v) is 3.38. The number of carbonyl (C=O) groups is 2. The lowest BCUT2D eigenvalue weighted by Gasteiger charge is -2.25. The number of urea groups is 1. The molecular weight excluding hydrogens is 420 g/mol. The number of nitrogens with zero attached hydrogens (tertiary/aromatic N) is 1. The van der Waals surface area contributed by atoms with Crippen LogP contribution >= 0.6 is 27.5 Å². The van der Waals surface area contributed by atoms with E-state index in [1.54, 1.807) is 24.3 Å². The van der Waals surface area contributed by atoms with Crippen molar-refractivity contribution >= 4 is 39.5 Å². The molecule has 3 rings (SSSR count). The lowest BCUT2D eigenvalue weighted by atomic mass is 9.87. The molecule has 3 amide bonds. The molecule has 0 radical (unpaired) electrons. The van der Waals surface area contributed by atoms with E-state index in [2.05, 4.69) is 21.2 Å². The average Bonchev–Trinajstić information content (AvgIpc) is 2.89. The number of imide groups is 1. The largest absolute Gasteiger partial charge is 0.492 e. The van der Waals surface area contributed by atoms with Gasteiger partial charge in [0.15, 0.2) is 0 Å². The summed E-state index contributed by atoms with van der Waals surface area (Å²) in [6.07, 6.45) is 0.448. The zero-order chi connectivity index (χ0) is 18.7. The zero-order valence-corrected chi connectivity index (χ0v) is 16.5. The fraction of sp³-hybridized carbons (Fsp3) is 0.263. The average molecular weight is 438 g/mol. The van der Waals surface area contributed by atoms with E-state index in [1.165, 1.54) is 4.90 Å². The zero-order valence-electron chi connectivity index (χ0n) is 14.2. The minimum Gasteiger partial charge on any atom is -0.492 e. The van der Waals surface area contributed by atoms with E-state index in [-0.39, 0.29) is 19.1 Å². The second-order valence-corrected chi connectivity index (χ2v) is 7.31. The van der Waals surface area contributed by atoms with Gasteiger partial charge in [0.1, 0.15) is 17.9 Å². The maximum absolute atomic E-state index is 13.0. The summed E-state index contributed by atoms with van der Waals surface area (Å²) in [5.41, 5.74) is -0.335. The highest BCUT2D eigenvalue weighted by Crippen LogP contribution is 2.33. The molecule has 0 spiro atoms. The molecule has 0 saturated carbocycles. The van der Waals surface area contributed by atoms with Crippen LogP contribution in [0, 0.1) is 0 Å². The summed E-state index contributed by atoms with van der Waals surface area (Å²) in [7, 11) is 0. The van der Waals surface area contributed by atoms with Gasteiger partial charge in [-0.25, -0.2) is 4.79 Å². The number of carbonyl (C=O) groups excluding carboxylic acids is 2. The first-order valence-electron chi connectivity index (χ1n) is 8.25. The normalized spacial score (nSPS) is 19.6. The summed E-state index contributed by atoms with van der Waals surface area (Å²) in [5, 5.41) is 3.42. The van der Waals surface area contributed by atoms with Gasteiger partial charge in [-0.2, -0.15) is 0 Å². The van der Waals surface area contributed by atoms with E-state index in [0.29, 0.717) is 17.2 Å². The Hall–Kier alpha value is -2.05. The molecule has 136 valence electrons. The third-order valence-electron chi connectivity index (χ3n) is 4.44. The van der Waals surface area contributed by atoms with E-state index in [0.717, 1.165) is 10.0 Å². The number of hydrogen-bond donors (Lipinski definition) is 1. The van der Waals surface area contributed by atoms with Gasteiger partial charge in [0, 0.05) is 9.50 Å². The first-order chi connectivity index (χ1) is 12.5. The van der Waals surface area contributed by atoms with Crippen molar-refractivity contribution in [1.82, 2.24) is 10.2 Å². The van der Waals surface area contributed by atoms with Crippen molar-refractivity contribution in [2.75, 3.05) is 13.2 Å². The predicted octanol–water partition coefficient (Wildman–Crippen LogP) is 4.34. The maximum atomic E-state index is 13.0. The molecule has 0 aromatic heterocycles. The Labute approximate surface area is 165 Å². The van der Waals surface area contributed by atoms with Gasteiger partial charge in [0.2, 0.25) is 0 Å². The molecule has 2 aromatic rings. The smallest absolute Gasteiger partial charge is 0.325 e. The number of ether oxygens (including phenoxy) is 1. The van der Waals surface area contributed by atoms with Crippen LogP contribution in [0.15, 0.2) is 53.0 Å². The second kappa shape index (κ2) is 7.68. The van der Waals surface area contributed by atoms with Gasteiger partial charge in [0.25, 0.3) is 5.91 Å². The molecule has 1 fully saturated rings. The summed E-state index contributed by atoms with van der Waals surface area (Å²) in [6.45, 7) is 2.27. The summed E-state index contributed by atoms with van der Waals surface area (Å²) in [5.74, 6) is 0.409. The monoisotopic (exact) mass is 436 g/mol. The summed E-state index contributed by atoms with van der Waals surface area (Å²) in [4.78, 5) is 26.6. The Kier molecular flexibility index (Phi) is 5.53. The Balaban J connectivity index is 1.71. The highest BCUT2D eigenvalue weighted by molar-refractivity contribution is 9.10. The summed E-state index contributed by atoms with van der Waals surface area (Å²) >= 11 is 9.30. The van der Waals surface area contributed by atoms with Crippen LogP contribution in [0.25, 0.3) is 0 Å². The number of amides is 3. The second-order valence-electron chi connectivity index (χ2n) is 5.96. The van der Waals surface area contributed by atoms with Gasteiger partial charge < -0.3 is 10.1 Å². The van der Waals surface area contributed by atoms with Crippen LogP contribution < -0.4 is 10.1 Å². The van der Waals surface area contributed by atoms with Crippen LogP contribution in [0.5, 0.6) is 5.75 Å². The molecule has 0 aliphatic carbocycles. The Morgan fingerprint density at radius 3 is 2.38 bits per heavy atom. The van der Waals surface area contributed by atoms with Crippen LogP contribution in [-0.4, -0.2) is 30.0 Å². The highest BCUT2D eigenvalue weighted by atomic mass is 79.9. The van der Waals surface area contributed by atoms with E-state index in [9.17, 15) is 9.59 Å². The molecule has 26 heavy (non-hydrogen) atoms. The van der Waals surface area contributed by atoms with E-state index >= 15 is 0 Å². The molecular formula is C19H18BrClN2O3. The molecule has 0 bridgehead atoms. The van der Waals surface area contributed by atoms with Crippen LogP contribution in [0.4, 0.5) is 4.79 Å². The molecule has 1 heterocycles. The van der Waals surface area contributed by atoms with Gasteiger partial charge in [-0.15, -0.1) is 0 Å². The Morgan fingerprint density at radius 2 is 1.77 bits per heavy atom. The van der Waals surface area contributed by atoms with Crippen LogP contribution in [-0.2, 0) is 10.3 Å². The van der Waals surface area contributed by atoms with E-state index in [4.69, 9.17) is 16.3 Å². The molecule has 1 N–H and O–H groups in total. The molecule has 1 aliphatic rings. The van der Waals surface area contributed by atoms with Crippen molar-refractivity contribution in [3.8, 4) is 5.75 Å². The first-order valence-corrected chi connectivity index (χ1v) is 9.42. The van der Waals surface area contributed by atoms with Crippen molar-refractivity contribution in [3.63, 3.8) is 0 Å². The SMILES string of the molecule is CCC1(c2ccc(Cl)cc2)NC(=O)N(CCOc2ccc(Br)cc2)C1=O. The first kappa shape index (κ1) is 18.7.